The molecule has 1 aliphatic rings. The number of nitrogens with two attached hydrogens (primary N) is 1. The van der Waals surface area contributed by atoms with Gasteiger partial charge in [0.15, 0.2) is 17.5 Å². The molecule has 4 nitrogen and oxygen atoms in total. The summed E-state index contributed by atoms with van der Waals surface area (Å²) in [7, 11) is 0. The van der Waals surface area contributed by atoms with E-state index in [-0.39, 0.29) is 11.5 Å². The van der Waals surface area contributed by atoms with Crippen LogP contribution in [0.1, 0.15) is 11.3 Å². The second kappa shape index (κ2) is 3.94. The molecule has 1 aromatic carbocycles. The minimum atomic E-state index is -0.553. The van der Waals surface area contributed by atoms with Crippen molar-refractivity contribution in [1.82, 2.24) is 9.97 Å². The Balaban J connectivity index is 2.10. The Kier molecular flexibility index (Phi) is 2.40. The third-order valence-corrected chi connectivity index (χ3v) is 2.99. The monoisotopic (exact) mass is 245 g/mol. The van der Waals surface area contributed by atoms with Crippen LogP contribution in [0.15, 0.2) is 18.2 Å². The van der Waals surface area contributed by atoms with Crippen molar-refractivity contribution in [3.8, 4) is 17.1 Å². The molecule has 0 radical (unpaired) electrons. The van der Waals surface area contributed by atoms with E-state index >= 15 is 0 Å². The number of fused-ring (bicyclic) bond motifs is 1. The van der Waals surface area contributed by atoms with E-state index in [1.807, 2.05) is 18.2 Å². The molecule has 1 aliphatic heterocycles. The van der Waals surface area contributed by atoms with Crippen molar-refractivity contribution in [1.29, 1.82) is 0 Å². The number of benzene rings is 1. The summed E-state index contributed by atoms with van der Waals surface area (Å²) >= 11 is 0. The first kappa shape index (κ1) is 11.0. The molecule has 92 valence electrons. The van der Waals surface area contributed by atoms with E-state index in [1.54, 1.807) is 6.92 Å². The molecule has 2 N–H and O–H groups in total. The van der Waals surface area contributed by atoms with E-state index in [0.717, 1.165) is 23.3 Å². The molecule has 0 spiro atoms. The third-order valence-electron chi connectivity index (χ3n) is 2.99. The van der Waals surface area contributed by atoms with Crippen LogP contribution in [0.25, 0.3) is 11.4 Å². The Labute approximate surface area is 104 Å². The van der Waals surface area contributed by atoms with E-state index in [2.05, 4.69) is 9.97 Å². The number of hydrogen-bond donors (Lipinski definition) is 1. The van der Waals surface area contributed by atoms with Crippen LogP contribution in [-0.4, -0.2) is 16.6 Å². The Morgan fingerprint density at radius 2 is 2.17 bits per heavy atom. The minimum absolute atomic E-state index is 0.116. The summed E-state index contributed by atoms with van der Waals surface area (Å²) in [5.74, 6) is 0.671. The van der Waals surface area contributed by atoms with Gasteiger partial charge in [-0.3, -0.25) is 0 Å². The summed E-state index contributed by atoms with van der Waals surface area (Å²) < 4.78 is 18.8. The summed E-state index contributed by atoms with van der Waals surface area (Å²) in [6.07, 6.45) is 0.874. The highest BCUT2D eigenvalue weighted by atomic mass is 19.1. The number of nitrogens with zero attached hydrogens (tertiary/aromatic N) is 2. The van der Waals surface area contributed by atoms with Crippen molar-refractivity contribution in [2.24, 2.45) is 0 Å². The number of anilines is 1. The number of aromatic nitrogens is 2. The number of rotatable bonds is 1. The van der Waals surface area contributed by atoms with Gasteiger partial charge >= 0.3 is 0 Å². The van der Waals surface area contributed by atoms with Crippen molar-refractivity contribution in [2.75, 3.05) is 12.3 Å². The lowest BCUT2D eigenvalue weighted by molar-refractivity contribution is 0.357. The van der Waals surface area contributed by atoms with Crippen LogP contribution in [0.2, 0.25) is 0 Å². The molecule has 2 aromatic rings. The second-order valence-electron chi connectivity index (χ2n) is 4.25. The predicted molar refractivity (Wildman–Crippen MR) is 65.8 cm³/mol. The lowest BCUT2D eigenvalue weighted by atomic mass is 10.1. The van der Waals surface area contributed by atoms with Crippen molar-refractivity contribution in [3.05, 3.63) is 35.3 Å². The van der Waals surface area contributed by atoms with Gasteiger partial charge in [0.1, 0.15) is 5.75 Å². The van der Waals surface area contributed by atoms with E-state index in [4.69, 9.17) is 10.5 Å². The van der Waals surface area contributed by atoms with E-state index < -0.39 is 5.82 Å². The molecule has 0 bridgehead atoms. The van der Waals surface area contributed by atoms with Gasteiger partial charge in [-0.25, -0.2) is 14.4 Å². The van der Waals surface area contributed by atoms with Gasteiger partial charge in [-0.15, -0.1) is 0 Å². The molecule has 0 fully saturated rings. The maximum Gasteiger partial charge on any atom is 0.186 e. The molecule has 0 amide bonds. The maximum absolute atomic E-state index is 13.4. The fraction of sp³-hybridized carbons (Fsp3) is 0.231. The average Bonchev–Trinajstić information content (AvgIpc) is 2.82. The SMILES string of the molecule is Cc1nc(-c2ccc3c(c2)CCO3)nc(N)c1F. The Bertz CT molecular complexity index is 605. The minimum Gasteiger partial charge on any atom is -0.493 e. The summed E-state index contributed by atoms with van der Waals surface area (Å²) in [4.78, 5) is 8.10. The Morgan fingerprint density at radius 1 is 1.33 bits per heavy atom. The fourth-order valence-corrected chi connectivity index (χ4v) is 2.04. The summed E-state index contributed by atoms with van der Waals surface area (Å²) in [6, 6.07) is 5.71. The van der Waals surface area contributed by atoms with Gasteiger partial charge < -0.3 is 10.5 Å². The van der Waals surface area contributed by atoms with Crippen LogP contribution in [0, 0.1) is 12.7 Å². The predicted octanol–water partition coefficient (Wildman–Crippen LogP) is 2.11. The lowest BCUT2D eigenvalue weighted by Crippen LogP contribution is -2.03. The van der Waals surface area contributed by atoms with Gasteiger partial charge in [0.2, 0.25) is 0 Å². The zero-order chi connectivity index (χ0) is 12.7. The standard InChI is InChI=1S/C13H12FN3O/c1-7-11(14)12(15)17-13(16-7)9-2-3-10-8(6-9)4-5-18-10/h2-3,6H,4-5H2,1H3,(H2,15,16,17). The molecule has 5 heteroatoms. The van der Waals surface area contributed by atoms with Crippen molar-refractivity contribution < 1.29 is 9.13 Å². The van der Waals surface area contributed by atoms with E-state index in [9.17, 15) is 4.39 Å². The first-order chi connectivity index (χ1) is 8.65. The van der Waals surface area contributed by atoms with Crippen LogP contribution in [0.4, 0.5) is 10.2 Å². The van der Waals surface area contributed by atoms with Gasteiger partial charge in [0, 0.05) is 12.0 Å². The highest BCUT2D eigenvalue weighted by Crippen LogP contribution is 2.29. The molecule has 0 saturated carbocycles. The molecule has 0 aliphatic carbocycles. The maximum atomic E-state index is 13.4. The Hall–Kier alpha value is -2.17. The summed E-state index contributed by atoms with van der Waals surface area (Å²) in [6.45, 7) is 2.28. The topological polar surface area (TPSA) is 61.0 Å². The van der Waals surface area contributed by atoms with Crippen molar-refractivity contribution in [2.45, 2.75) is 13.3 Å². The van der Waals surface area contributed by atoms with Crippen LogP contribution in [-0.2, 0) is 6.42 Å². The molecule has 2 heterocycles. The molecular formula is C13H12FN3O. The number of ether oxygens (including phenoxy) is 1. The Morgan fingerprint density at radius 3 is 2.94 bits per heavy atom. The van der Waals surface area contributed by atoms with Gasteiger partial charge in [-0.05, 0) is 30.7 Å². The fourth-order valence-electron chi connectivity index (χ4n) is 2.04. The summed E-state index contributed by atoms with van der Waals surface area (Å²) in [5.41, 5.74) is 7.73. The molecule has 0 unspecified atom stereocenters. The molecular weight excluding hydrogens is 233 g/mol. The number of hydrogen-bond acceptors (Lipinski definition) is 4. The molecule has 3 rings (SSSR count). The van der Waals surface area contributed by atoms with Crippen LogP contribution in [0.5, 0.6) is 5.75 Å². The van der Waals surface area contributed by atoms with E-state index in [0.29, 0.717) is 12.4 Å². The van der Waals surface area contributed by atoms with Gasteiger partial charge in [-0.1, -0.05) is 0 Å². The van der Waals surface area contributed by atoms with Crippen LogP contribution >= 0.6 is 0 Å². The number of nitrogen functional groups attached to an aromatic ring is 1. The van der Waals surface area contributed by atoms with Gasteiger partial charge in [-0.2, -0.15) is 0 Å². The zero-order valence-corrected chi connectivity index (χ0v) is 9.90. The van der Waals surface area contributed by atoms with Crippen LogP contribution < -0.4 is 10.5 Å². The summed E-state index contributed by atoms with van der Waals surface area (Å²) in [5, 5.41) is 0. The highest BCUT2D eigenvalue weighted by Gasteiger charge is 2.15. The zero-order valence-electron chi connectivity index (χ0n) is 9.90. The van der Waals surface area contributed by atoms with Gasteiger partial charge in [0.25, 0.3) is 0 Å². The first-order valence-electron chi connectivity index (χ1n) is 5.71. The quantitative estimate of drug-likeness (QED) is 0.835. The average molecular weight is 245 g/mol. The second-order valence-corrected chi connectivity index (χ2v) is 4.25. The van der Waals surface area contributed by atoms with Gasteiger partial charge in [0.05, 0.1) is 12.3 Å². The largest absolute Gasteiger partial charge is 0.493 e. The third kappa shape index (κ3) is 1.68. The highest BCUT2D eigenvalue weighted by molar-refractivity contribution is 5.61. The van der Waals surface area contributed by atoms with Crippen molar-refractivity contribution in [3.63, 3.8) is 0 Å². The number of aryl methyl sites for hydroxylation is 1. The molecule has 0 atom stereocenters. The smallest absolute Gasteiger partial charge is 0.186 e. The molecule has 1 aromatic heterocycles. The first-order valence-corrected chi connectivity index (χ1v) is 5.71. The van der Waals surface area contributed by atoms with Crippen molar-refractivity contribution >= 4 is 5.82 Å². The van der Waals surface area contributed by atoms with E-state index in [1.165, 1.54) is 0 Å². The number of halogens is 1. The lowest BCUT2D eigenvalue weighted by Gasteiger charge is -2.06. The van der Waals surface area contributed by atoms with Crippen LogP contribution in [0.3, 0.4) is 0 Å². The normalized spacial score (nSPS) is 13.2. The molecule has 0 saturated heterocycles. The molecule has 18 heavy (non-hydrogen) atoms.